The fourth-order valence-electron chi connectivity index (χ4n) is 3.46. The second-order valence-electron chi connectivity index (χ2n) is 7.54. The van der Waals surface area contributed by atoms with Crippen LogP contribution in [0.3, 0.4) is 0 Å². The number of rotatable bonds is 6. The largest absolute Gasteiger partial charge is 0.497 e. The normalized spacial score (nSPS) is 15.7. The SMILES string of the molecule is COc1ccc(-c2cc3ncnc(NCC(C)(C)N4CCOCC4)c3s2)cc1. The van der Waals surface area contributed by atoms with Crippen LogP contribution in [-0.2, 0) is 4.74 Å². The number of methoxy groups -OCH3 is 1. The van der Waals surface area contributed by atoms with E-state index < -0.39 is 0 Å². The van der Waals surface area contributed by atoms with Crippen molar-refractivity contribution in [3.8, 4) is 16.2 Å². The van der Waals surface area contributed by atoms with Crippen LogP contribution >= 0.6 is 11.3 Å². The molecule has 0 saturated carbocycles. The van der Waals surface area contributed by atoms with E-state index in [4.69, 9.17) is 9.47 Å². The van der Waals surface area contributed by atoms with Crippen molar-refractivity contribution in [1.82, 2.24) is 14.9 Å². The topological polar surface area (TPSA) is 59.5 Å². The average molecular weight is 399 g/mol. The summed E-state index contributed by atoms with van der Waals surface area (Å²) >= 11 is 1.71. The molecule has 0 amide bonds. The molecule has 6 nitrogen and oxygen atoms in total. The Morgan fingerprint density at radius 2 is 1.93 bits per heavy atom. The van der Waals surface area contributed by atoms with Gasteiger partial charge in [0.15, 0.2) is 0 Å². The van der Waals surface area contributed by atoms with Crippen LogP contribution in [0.15, 0.2) is 36.7 Å². The molecule has 0 atom stereocenters. The fraction of sp³-hybridized carbons (Fsp3) is 0.429. The van der Waals surface area contributed by atoms with E-state index in [0.717, 1.165) is 60.2 Å². The molecule has 0 bridgehead atoms. The van der Waals surface area contributed by atoms with Gasteiger partial charge in [0, 0.05) is 30.1 Å². The molecule has 0 unspecified atom stereocenters. The van der Waals surface area contributed by atoms with E-state index in [2.05, 4.69) is 52.2 Å². The standard InChI is InChI=1S/C21H26N4O2S/c1-21(2,25-8-10-27-11-9-25)13-22-20-19-17(23-14-24-20)12-18(28-19)15-4-6-16(26-3)7-5-15/h4-7,12,14H,8-11,13H2,1-3H3,(H,22,23,24). The van der Waals surface area contributed by atoms with E-state index in [1.54, 1.807) is 24.8 Å². The molecule has 1 N–H and O–H groups in total. The number of hydrogen-bond donors (Lipinski definition) is 1. The number of anilines is 1. The van der Waals surface area contributed by atoms with Crippen molar-refractivity contribution < 1.29 is 9.47 Å². The van der Waals surface area contributed by atoms with Crippen molar-refractivity contribution in [3.63, 3.8) is 0 Å². The summed E-state index contributed by atoms with van der Waals surface area (Å²) in [6.45, 7) is 8.88. The highest BCUT2D eigenvalue weighted by Gasteiger charge is 2.28. The number of thiophene rings is 1. The third-order valence-electron chi connectivity index (χ3n) is 5.24. The molecule has 1 saturated heterocycles. The monoisotopic (exact) mass is 398 g/mol. The van der Waals surface area contributed by atoms with Crippen LogP contribution in [0, 0.1) is 0 Å². The third-order valence-corrected chi connectivity index (χ3v) is 6.42. The predicted octanol–water partition coefficient (Wildman–Crippen LogP) is 3.89. The minimum Gasteiger partial charge on any atom is -0.497 e. The van der Waals surface area contributed by atoms with Crippen molar-refractivity contribution in [3.05, 3.63) is 36.7 Å². The molecule has 148 valence electrons. The fourth-order valence-corrected chi connectivity index (χ4v) is 4.54. The van der Waals surface area contributed by atoms with Crippen molar-refractivity contribution >= 4 is 27.4 Å². The van der Waals surface area contributed by atoms with E-state index in [1.165, 1.54) is 4.88 Å². The summed E-state index contributed by atoms with van der Waals surface area (Å²) in [5.41, 5.74) is 2.15. The lowest BCUT2D eigenvalue weighted by molar-refractivity contribution is -0.00569. The van der Waals surface area contributed by atoms with Gasteiger partial charge in [-0.25, -0.2) is 9.97 Å². The van der Waals surface area contributed by atoms with Crippen LogP contribution in [0.2, 0.25) is 0 Å². The summed E-state index contributed by atoms with van der Waals surface area (Å²) in [6, 6.07) is 10.2. The maximum atomic E-state index is 5.49. The number of morpholine rings is 1. The first-order valence-corrected chi connectivity index (χ1v) is 10.3. The van der Waals surface area contributed by atoms with Crippen LogP contribution in [0.4, 0.5) is 5.82 Å². The highest BCUT2D eigenvalue weighted by molar-refractivity contribution is 7.22. The van der Waals surface area contributed by atoms with Gasteiger partial charge in [-0.2, -0.15) is 0 Å². The Morgan fingerprint density at radius 3 is 2.64 bits per heavy atom. The Bertz CT molecular complexity index is 933. The van der Waals surface area contributed by atoms with Crippen molar-refractivity contribution in [2.24, 2.45) is 0 Å². The molecule has 1 fully saturated rings. The Hall–Kier alpha value is -2.22. The summed E-state index contributed by atoms with van der Waals surface area (Å²) in [5.74, 6) is 1.76. The predicted molar refractivity (Wildman–Crippen MR) is 114 cm³/mol. The number of benzene rings is 1. The number of ether oxygens (including phenoxy) is 2. The van der Waals surface area contributed by atoms with Gasteiger partial charge in [-0.1, -0.05) is 0 Å². The van der Waals surface area contributed by atoms with Gasteiger partial charge < -0.3 is 14.8 Å². The van der Waals surface area contributed by atoms with E-state index in [0.29, 0.717) is 0 Å². The van der Waals surface area contributed by atoms with Crippen LogP contribution in [0.1, 0.15) is 13.8 Å². The van der Waals surface area contributed by atoms with E-state index in [1.807, 2.05) is 12.1 Å². The summed E-state index contributed by atoms with van der Waals surface area (Å²) in [4.78, 5) is 12.6. The van der Waals surface area contributed by atoms with Gasteiger partial charge in [-0.15, -0.1) is 11.3 Å². The van der Waals surface area contributed by atoms with Gasteiger partial charge in [0.25, 0.3) is 0 Å². The first kappa shape index (κ1) is 19.1. The number of hydrogen-bond acceptors (Lipinski definition) is 7. The summed E-state index contributed by atoms with van der Waals surface area (Å²) in [7, 11) is 1.68. The lowest BCUT2D eigenvalue weighted by atomic mass is 10.0. The number of nitrogens with one attached hydrogen (secondary N) is 1. The molecule has 0 spiro atoms. The molecule has 3 heterocycles. The number of fused-ring (bicyclic) bond motifs is 1. The molecule has 3 aromatic rings. The summed E-state index contributed by atoms with van der Waals surface area (Å²) < 4.78 is 11.8. The smallest absolute Gasteiger partial charge is 0.147 e. The lowest BCUT2D eigenvalue weighted by Gasteiger charge is -2.41. The quantitative estimate of drug-likeness (QED) is 0.680. The Morgan fingerprint density at radius 1 is 1.18 bits per heavy atom. The first-order chi connectivity index (χ1) is 13.6. The van der Waals surface area contributed by atoms with Crippen molar-refractivity contribution in [2.45, 2.75) is 19.4 Å². The zero-order valence-corrected chi connectivity index (χ0v) is 17.4. The van der Waals surface area contributed by atoms with Gasteiger partial charge in [0.2, 0.25) is 0 Å². The molecule has 28 heavy (non-hydrogen) atoms. The molecule has 0 aliphatic carbocycles. The van der Waals surface area contributed by atoms with Crippen LogP contribution in [-0.4, -0.2) is 60.4 Å². The molecule has 7 heteroatoms. The Kier molecular flexibility index (Phi) is 5.48. The molecule has 2 aromatic heterocycles. The highest BCUT2D eigenvalue weighted by atomic mass is 32.1. The summed E-state index contributed by atoms with van der Waals surface area (Å²) in [5, 5.41) is 3.57. The molecule has 1 aromatic carbocycles. The molecule has 4 rings (SSSR count). The van der Waals surface area contributed by atoms with Crippen LogP contribution in [0.5, 0.6) is 5.75 Å². The molecular formula is C21H26N4O2S. The van der Waals surface area contributed by atoms with Crippen molar-refractivity contribution in [2.75, 3.05) is 45.3 Å². The maximum absolute atomic E-state index is 5.49. The van der Waals surface area contributed by atoms with Crippen LogP contribution in [0.25, 0.3) is 20.7 Å². The van der Waals surface area contributed by atoms with E-state index in [-0.39, 0.29) is 5.54 Å². The van der Waals surface area contributed by atoms with Gasteiger partial charge in [-0.05, 0) is 49.7 Å². The summed E-state index contributed by atoms with van der Waals surface area (Å²) in [6.07, 6.45) is 1.64. The molecule has 1 aliphatic rings. The lowest BCUT2D eigenvalue weighted by Crippen LogP contribution is -2.53. The third kappa shape index (κ3) is 3.97. The number of nitrogens with zero attached hydrogens (tertiary/aromatic N) is 3. The molecule has 1 aliphatic heterocycles. The molecule has 0 radical (unpaired) electrons. The van der Waals surface area contributed by atoms with E-state index in [9.17, 15) is 0 Å². The first-order valence-electron chi connectivity index (χ1n) is 9.52. The second-order valence-corrected chi connectivity index (χ2v) is 8.59. The van der Waals surface area contributed by atoms with Gasteiger partial charge in [-0.3, -0.25) is 4.90 Å². The zero-order valence-electron chi connectivity index (χ0n) is 16.6. The maximum Gasteiger partial charge on any atom is 0.147 e. The Labute approximate surface area is 169 Å². The molecular weight excluding hydrogens is 372 g/mol. The van der Waals surface area contributed by atoms with Gasteiger partial charge in [0.1, 0.15) is 17.9 Å². The van der Waals surface area contributed by atoms with Crippen LogP contribution < -0.4 is 10.1 Å². The second kappa shape index (κ2) is 8.03. The minimum atomic E-state index is 0.0249. The van der Waals surface area contributed by atoms with Gasteiger partial charge in [0.05, 0.1) is 30.5 Å². The Balaban J connectivity index is 1.55. The van der Waals surface area contributed by atoms with E-state index >= 15 is 0 Å². The minimum absolute atomic E-state index is 0.0249. The van der Waals surface area contributed by atoms with Crippen molar-refractivity contribution in [1.29, 1.82) is 0 Å². The zero-order chi connectivity index (χ0) is 19.6. The average Bonchev–Trinajstić information content (AvgIpc) is 3.18. The number of aromatic nitrogens is 2. The highest BCUT2D eigenvalue weighted by Crippen LogP contribution is 2.36. The van der Waals surface area contributed by atoms with Gasteiger partial charge >= 0.3 is 0 Å².